The fourth-order valence-corrected chi connectivity index (χ4v) is 2.78. The molecule has 2 atom stereocenters. The van der Waals surface area contributed by atoms with Gasteiger partial charge in [0.2, 0.25) is 5.91 Å². The van der Waals surface area contributed by atoms with Gasteiger partial charge in [-0.15, -0.1) is 0 Å². The van der Waals surface area contributed by atoms with Crippen LogP contribution in [0.5, 0.6) is 0 Å². The average molecular weight is 225 g/mol. The van der Waals surface area contributed by atoms with Crippen LogP contribution in [0.25, 0.3) is 0 Å². The number of hydrogen-bond acceptors (Lipinski definition) is 3. The van der Waals surface area contributed by atoms with E-state index in [1.54, 1.807) is 0 Å². The Bertz CT molecular complexity index is 238. The van der Waals surface area contributed by atoms with Gasteiger partial charge in [0.25, 0.3) is 0 Å². The maximum absolute atomic E-state index is 11.8. The van der Waals surface area contributed by atoms with Crippen molar-refractivity contribution in [2.75, 3.05) is 32.7 Å². The Kier molecular flexibility index (Phi) is 4.18. The Morgan fingerprint density at radius 2 is 2.38 bits per heavy atom. The monoisotopic (exact) mass is 225 g/mol. The van der Waals surface area contributed by atoms with Crippen LogP contribution < -0.4 is 10.6 Å². The van der Waals surface area contributed by atoms with Gasteiger partial charge in [0, 0.05) is 19.1 Å². The fraction of sp³-hybridized carbons (Fsp3) is 0.917. The highest BCUT2D eigenvalue weighted by Gasteiger charge is 2.26. The summed E-state index contributed by atoms with van der Waals surface area (Å²) in [5.41, 5.74) is 0. The minimum Gasteiger partial charge on any atom is -0.354 e. The fourth-order valence-electron chi connectivity index (χ4n) is 2.78. The maximum atomic E-state index is 11.8. The molecule has 2 N–H and O–H groups in total. The van der Waals surface area contributed by atoms with Crippen LogP contribution in [-0.4, -0.2) is 49.6 Å². The van der Waals surface area contributed by atoms with Gasteiger partial charge >= 0.3 is 0 Å². The average Bonchev–Trinajstić information content (AvgIpc) is 2.96. The molecule has 0 saturated carbocycles. The van der Waals surface area contributed by atoms with Crippen LogP contribution >= 0.6 is 0 Å². The first-order valence-corrected chi connectivity index (χ1v) is 6.53. The molecule has 0 spiro atoms. The highest BCUT2D eigenvalue weighted by atomic mass is 16.1. The van der Waals surface area contributed by atoms with E-state index in [0.29, 0.717) is 6.04 Å². The number of hydrogen-bond donors (Lipinski definition) is 2. The van der Waals surface area contributed by atoms with Crippen molar-refractivity contribution >= 4 is 5.91 Å². The molecular weight excluding hydrogens is 202 g/mol. The van der Waals surface area contributed by atoms with Crippen molar-refractivity contribution in [3.63, 3.8) is 0 Å². The molecule has 92 valence electrons. The zero-order chi connectivity index (χ0) is 11.4. The first-order chi connectivity index (χ1) is 7.81. The number of rotatable bonds is 4. The maximum Gasteiger partial charge on any atom is 0.224 e. The zero-order valence-corrected chi connectivity index (χ0v) is 10.2. The largest absolute Gasteiger partial charge is 0.354 e. The molecule has 1 amide bonds. The number of amides is 1. The van der Waals surface area contributed by atoms with E-state index in [-0.39, 0.29) is 11.8 Å². The third-order valence-electron chi connectivity index (χ3n) is 3.85. The molecule has 2 saturated heterocycles. The second-order valence-corrected chi connectivity index (χ2v) is 4.86. The molecule has 0 aromatic carbocycles. The molecule has 0 radical (unpaired) electrons. The predicted molar refractivity (Wildman–Crippen MR) is 64.3 cm³/mol. The lowest BCUT2D eigenvalue weighted by atomic mass is 10.1. The van der Waals surface area contributed by atoms with E-state index in [2.05, 4.69) is 22.5 Å². The van der Waals surface area contributed by atoms with Crippen molar-refractivity contribution in [3.05, 3.63) is 0 Å². The van der Waals surface area contributed by atoms with Gasteiger partial charge in [-0.3, -0.25) is 9.69 Å². The van der Waals surface area contributed by atoms with Crippen molar-refractivity contribution in [2.24, 2.45) is 5.92 Å². The van der Waals surface area contributed by atoms with Crippen LogP contribution in [0.4, 0.5) is 0 Å². The lowest BCUT2D eigenvalue weighted by molar-refractivity contribution is -0.124. The molecule has 2 aliphatic rings. The van der Waals surface area contributed by atoms with Crippen LogP contribution in [-0.2, 0) is 4.79 Å². The summed E-state index contributed by atoms with van der Waals surface area (Å²) in [5.74, 6) is 0.449. The predicted octanol–water partition coefficient (Wildman–Crippen LogP) is 0.196. The lowest BCUT2D eigenvalue weighted by Crippen LogP contribution is -2.42. The molecule has 2 fully saturated rings. The van der Waals surface area contributed by atoms with Crippen LogP contribution in [0.2, 0.25) is 0 Å². The summed E-state index contributed by atoms with van der Waals surface area (Å²) < 4.78 is 0. The Morgan fingerprint density at radius 3 is 3.06 bits per heavy atom. The molecule has 0 aromatic heterocycles. The molecule has 0 aliphatic carbocycles. The summed E-state index contributed by atoms with van der Waals surface area (Å²) in [6, 6.07) is 0.573. The van der Waals surface area contributed by atoms with Crippen LogP contribution in [0.15, 0.2) is 0 Å². The van der Waals surface area contributed by atoms with Crippen molar-refractivity contribution in [3.8, 4) is 0 Å². The van der Waals surface area contributed by atoms with E-state index in [1.165, 1.54) is 19.4 Å². The summed E-state index contributed by atoms with van der Waals surface area (Å²) in [6.07, 6.45) is 3.50. The molecule has 2 heterocycles. The molecule has 2 unspecified atom stereocenters. The van der Waals surface area contributed by atoms with E-state index in [0.717, 1.165) is 32.6 Å². The summed E-state index contributed by atoms with van der Waals surface area (Å²) >= 11 is 0. The van der Waals surface area contributed by atoms with Gasteiger partial charge in [0.05, 0.1) is 5.92 Å². The van der Waals surface area contributed by atoms with Gasteiger partial charge in [0.15, 0.2) is 0 Å². The third kappa shape index (κ3) is 2.74. The number of carbonyl (C=O) groups excluding carboxylic acids is 1. The van der Waals surface area contributed by atoms with E-state index in [9.17, 15) is 4.79 Å². The van der Waals surface area contributed by atoms with Crippen molar-refractivity contribution in [1.82, 2.24) is 15.5 Å². The number of carbonyl (C=O) groups is 1. The van der Waals surface area contributed by atoms with Crippen molar-refractivity contribution in [2.45, 2.75) is 32.2 Å². The first kappa shape index (κ1) is 11.9. The number of nitrogens with zero attached hydrogens (tertiary/aromatic N) is 1. The van der Waals surface area contributed by atoms with E-state index in [4.69, 9.17) is 0 Å². The lowest BCUT2D eigenvalue weighted by Gasteiger charge is -2.23. The quantitative estimate of drug-likeness (QED) is 0.718. The molecule has 16 heavy (non-hydrogen) atoms. The summed E-state index contributed by atoms with van der Waals surface area (Å²) in [4.78, 5) is 14.3. The van der Waals surface area contributed by atoms with Gasteiger partial charge in [0.1, 0.15) is 0 Å². The molecule has 2 aliphatic heterocycles. The van der Waals surface area contributed by atoms with Gasteiger partial charge in [-0.2, -0.15) is 0 Å². The first-order valence-electron chi connectivity index (χ1n) is 6.53. The molecular formula is C12H23N3O. The topological polar surface area (TPSA) is 44.4 Å². The Morgan fingerprint density at radius 1 is 1.50 bits per heavy atom. The third-order valence-corrected chi connectivity index (χ3v) is 3.85. The van der Waals surface area contributed by atoms with Gasteiger partial charge in [-0.1, -0.05) is 6.92 Å². The Hall–Kier alpha value is -0.610. The van der Waals surface area contributed by atoms with E-state index in [1.807, 2.05) is 0 Å². The highest BCUT2D eigenvalue weighted by Crippen LogP contribution is 2.16. The van der Waals surface area contributed by atoms with Crippen LogP contribution in [0, 0.1) is 5.92 Å². The Balaban J connectivity index is 1.71. The minimum absolute atomic E-state index is 0.205. The molecule has 4 heteroatoms. The van der Waals surface area contributed by atoms with Gasteiger partial charge in [-0.25, -0.2) is 0 Å². The SMILES string of the molecule is CCN1CCCC1CNC(=O)C1CCNC1. The number of nitrogens with one attached hydrogen (secondary N) is 2. The van der Waals surface area contributed by atoms with E-state index < -0.39 is 0 Å². The Labute approximate surface area is 97.8 Å². The second-order valence-electron chi connectivity index (χ2n) is 4.86. The van der Waals surface area contributed by atoms with Crippen molar-refractivity contribution < 1.29 is 4.79 Å². The molecule has 0 aromatic rings. The molecule has 2 rings (SSSR count). The number of likely N-dealkylation sites (tertiary alicyclic amines) is 1. The number of likely N-dealkylation sites (N-methyl/N-ethyl adjacent to an activating group) is 1. The van der Waals surface area contributed by atoms with E-state index >= 15 is 0 Å². The summed E-state index contributed by atoms with van der Waals surface area (Å²) in [6.45, 7) is 7.17. The minimum atomic E-state index is 0.205. The molecule has 4 nitrogen and oxygen atoms in total. The standard InChI is InChI=1S/C12H23N3O/c1-2-15-7-3-4-11(15)9-14-12(16)10-5-6-13-8-10/h10-11,13H,2-9H2,1H3,(H,14,16). The zero-order valence-electron chi connectivity index (χ0n) is 10.2. The smallest absolute Gasteiger partial charge is 0.224 e. The van der Waals surface area contributed by atoms with Gasteiger partial charge < -0.3 is 10.6 Å². The van der Waals surface area contributed by atoms with Gasteiger partial charge in [-0.05, 0) is 38.9 Å². The molecule has 0 bridgehead atoms. The van der Waals surface area contributed by atoms with Crippen molar-refractivity contribution in [1.29, 1.82) is 0 Å². The summed E-state index contributed by atoms with van der Waals surface area (Å²) in [5, 5.41) is 6.34. The highest BCUT2D eigenvalue weighted by molar-refractivity contribution is 5.79. The van der Waals surface area contributed by atoms with Crippen LogP contribution in [0.3, 0.4) is 0 Å². The normalized spacial score (nSPS) is 30.8. The second kappa shape index (κ2) is 5.64. The summed E-state index contributed by atoms with van der Waals surface area (Å²) in [7, 11) is 0. The van der Waals surface area contributed by atoms with Crippen LogP contribution in [0.1, 0.15) is 26.2 Å².